The molecule has 0 radical (unpaired) electrons. The van der Waals surface area contributed by atoms with Crippen molar-refractivity contribution < 1.29 is 19.1 Å². The lowest BCUT2D eigenvalue weighted by Crippen LogP contribution is -2.49. The number of fused-ring (bicyclic) bond motifs is 1. The highest BCUT2D eigenvalue weighted by atomic mass is 19.1. The van der Waals surface area contributed by atoms with Gasteiger partial charge in [0.15, 0.2) is 0 Å². The minimum Gasteiger partial charge on any atom is -0.395 e. The monoisotopic (exact) mass is 425 g/mol. The smallest absolute Gasteiger partial charge is 0.259 e. The van der Waals surface area contributed by atoms with E-state index in [4.69, 9.17) is 5.11 Å². The van der Waals surface area contributed by atoms with Crippen molar-refractivity contribution in [1.29, 1.82) is 0 Å². The lowest BCUT2D eigenvalue weighted by molar-refractivity contribution is -0.133. The fourth-order valence-electron chi connectivity index (χ4n) is 4.49. The predicted octanol–water partition coefficient (Wildman–Crippen LogP) is 2.67. The van der Waals surface area contributed by atoms with Crippen molar-refractivity contribution in [3.05, 3.63) is 64.5 Å². The second-order valence-corrected chi connectivity index (χ2v) is 8.34. The van der Waals surface area contributed by atoms with Gasteiger partial charge in [0, 0.05) is 44.0 Å². The molecule has 2 aliphatic heterocycles. The Bertz CT molecular complexity index is 1000. The molecule has 0 aromatic heterocycles. The Kier molecular flexibility index (Phi) is 6.07. The number of benzene rings is 2. The molecule has 6 nitrogen and oxygen atoms in total. The highest BCUT2D eigenvalue weighted by molar-refractivity contribution is 6.11. The number of hydrogen-bond acceptors (Lipinski definition) is 4. The molecule has 7 heteroatoms. The number of aryl methyl sites for hydroxylation is 2. The van der Waals surface area contributed by atoms with Crippen LogP contribution in [0.1, 0.15) is 39.5 Å². The first-order chi connectivity index (χ1) is 14.9. The number of piperazine rings is 1. The van der Waals surface area contributed by atoms with Gasteiger partial charge in [-0.2, -0.15) is 0 Å². The second kappa shape index (κ2) is 8.77. The van der Waals surface area contributed by atoms with Gasteiger partial charge in [-0.05, 0) is 54.8 Å². The van der Waals surface area contributed by atoms with Gasteiger partial charge >= 0.3 is 0 Å². The van der Waals surface area contributed by atoms with Gasteiger partial charge in [0.2, 0.25) is 5.91 Å². The number of carbonyl (C=O) groups is 2. The lowest BCUT2D eigenvalue weighted by atomic mass is 9.96. The van der Waals surface area contributed by atoms with Crippen molar-refractivity contribution in [2.45, 2.75) is 26.3 Å². The van der Waals surface area contributed by atoms with Crippen LogP contribution in [-0.4, -0.2) is 66.1 Å². The van der Waals surface area contributed by atoms with Crippen LogP contribution in [0.3, 0.4) is 0 Å². The van der Waals surface area contributed by atoms with Gasteiger partial charge in [-0.25, -0.2) is 4.39 Å². The molecule has 2 aromatic carbocycles. The van der Waals surface area contributed by atoms with E-state index in [1.165, 1.54) is 12.1 Å². The molecular weight excluding hydrogens is 397 g/mol. The fourth-order valence-corrected chi connectivity index (χ4v) is 4.49. The summed E-state index contributed by atoms with van der Waals surface area (Å²) in [5.74, 6) is -0.637. The molecule has 2 aromatic rings. The van der Waals surface area contributed by atoms with E-state index in [1.54, 1.807) is 17.0 Å². The van der Waals surface area contributed by atoms with E-state index < -0.39 is 11.9 Å². The molecule has 0 saturated carbocycles. The number of β-amino-alcohol motifs (C(OH)–C–C–N with tert-alkyl or cyclic N) is 1. The standard InChI is InChI=1S/C24H28FN3O3/c1-16-12-20-21(13-17(16)2)24(31)28(19-5-3-4-18(25)14-19)22(20)15-23(30)27-8-6-26(7-9-27)10-11-29/h3-5,12-14,22,29H,6-11,15H2,1-2H3. The summed E-state index contributed by atoms with van der Waals surface area (Å²) >= 11 is 0. The van der Waals surface area contributed by atoms with Gasteiger partial charge in [-0.15, -0.1) is 0 Å². The number of nitrogens with zero attached hydrogens (tertiary/aromatic N) is 3. The van der Waals surface area contributed by atoms with Crippen molar-refractivity contribution in [3.63, 3.8) is 0 Å². The quantitative estimate of drug-likeness (QED) is 0.800. The predicted molar refractivity (Wildman–Crippen MR) is 117 cm³/mol. The minimum atomic E-state index is -0.466. The third kappa shape index (κ3) is 4.20. The van der Waals surface area contributed by atoms with E-state index in [0.717, 1.165) is 29.8 Å². The Morgan fingerprint density at radius 3 is 2.48 bits per heavy atom. The molecule has 2 aliphatic rings. The van der Waals surface area contributed by atoms with Crippen molar-refractivity contribution in [1.82, 2.24) is 9.80 Å². The normalized spacial score (nSPS) is 19.1. The van der Waals surface area contributed by atoms with Crippen LogP contribution in [0.4, 0.5) is 10.1 Å². The first kappa shape index (κ1) is 21.5. The van der Waals surface area contributed by atoms with Crippen LogP contribution in [0.5, 0.6) is 0 Å². The summed E-state index contributed by atoms with van der Waals surface area (Å²) in [6, 6.07) is 9.36. The maximum absolute atomic E-state index is 13.9. The molecule has 164 valence electrons. The van der Waals surface area contributed by atoms with Gasteiger partial charge in [-0.3, -0.25) is 14.5 Å². The van der Waals surface area contributed by atoms with Crippen LogP contribution >= 0.6 is 0 Å². The van der Waals surface area contributed by atoms with E-state index >= 15 is 0 Å². The maximum Gasteiger partial charge on any atom is 0.259 e. The van der Waals surface area contributed by atoms with Gasteiger partial charge in [0.1, 0.15) is 5.82 Å². The summed E-state index contributed by atoms with van der Waals surface area (Å²) < 4.78 is 13.9. The molecule has 1 unspecified atom stereocenters. The number of aliphatic hydroxyl groups excluding tert-OH is 1. The third-order valence-corrected chi connectivity index (χ3v) is 6.38. The summed E-state index contributed by atoms with van der Waals surface area (Å²) in [5.41, 5.74) is 3.94. The molecule has 0 bridgehead atoms. The molecule has 1 N–H and O–H groups in total. The average Bonchev–Trinajstić information content (AvgIpc) is 3.00. The van der Waals surface area contributed by atoms with Crippen molar-refractivity contribution in [3.8, 4) is 0 Å². The van der Waals surface area contributed by atoms with Crippen LogP contribution in [0.15, 0.2) is 36.4 Å². The third-order valence-electron chi connectivity index (χ3n) is 6.38. The summed E-state index contributed by atoms with van der Waals surface area (Å²) in [4.78, 5) is 32.0. The van der Waals surface area contributed by atoms with Crippen LogP contribution in [-0.2, 0) is 4.79 Å². The Morgan fingerprint density at radius 2 is 1.81 bits per heavy atom. The number of amides is 2. The van der Waals surface area contributed by atoms with Gasteiger partial charge in [0.25, 0.3) is 5.91 Å². The zero-order valence-electron chi connectivity index (χ0n) is 18.0. The van der Waals surface area contributed by atoms with Gasteiger partial charge in [0.05, 0.1) is 19.1 Å². The largest absolute Gasteiger partial charge is 0.395 e. The molecular formula is C24H28FN3O3. The lowest BCUT2D eigenvalue weighted by Gasteiger charge is -2.35. The summed E-state index contributed by atoms with van der Waals surface area (Å²) in [5, 5.41) is 9.11. The molecule has 1 atom stereocenters. The van der Waals surface area contributed by atoms with Gasteiger partial charge in [-0.1, -0.05) is 12.1 Å². The average molecular weight is 426 g/mol. The van der Waals surface area contributed by atoms with E-state index in [9.17, 15) is 14.0 Å². The van der Waals surface area contributed by atoms with Crippen molar-refractivity contribution in [2.24, 2.45) is 0 Å². The molecule has 31 heavy (non-hydrogen) atoms. The number of halogens is 1. The second-order valence-electron chi connectivity index (χ2n) is 8.34. The van der Waals surface area contributed by atoms with Crippen LogP contribution in [0.25, 0.3) is 0 Å². The summed E-state index contributed by atoms with van der Waals surface area (Å²) in [6.45, 7) is 7.30. The Hall–Kier alpha value is -2.77. The molecule has 2 amide bonds. The Morgan fingerprint density at radius 1 is 1.10 bits per heavy atom. The van der Waals surface area contributed by atoms with Crippen molar-refractivity contribution in [2.75, 3.05) is 44.2 Å². The number of hydrogen-bond donors (Lipinski definition) is 1. The van der Waals surface area contributed by atoms with Crippen LogP contribution in [0, 0.1) is 19.7 Å². The molecule has 1 saturated heterocycles. The van der Waals surface area contributed by atoms with E-state index in [2.05, 4.69) is 4.90 Å². The van der Waals surface area contributed by atoms with E-state index in [1.807, 2.05) is 30.9 Å². The van der Waals surface area contributed by atoms with Crippen LogP contribution < -0.4 is 4.90 Å². The molecule has 2 heterocycles. The number of rotatable bonds is 5. The fraction of sp³-hybridized carbons (Fsp3) is 0.417. The Balaban J connectivity index is 1.62. The maximum atomic E-state index is 13.9. The topological polar surface area (TPSA) is 64.1 Å². The number of carbonyl (C=O) groups excluding carboxylic acids is 2. The van der Waals surface area contributed by atoms with E-state index in [0.29, 0.717) is 30.9 Å². The van der Waals surface area contributed by atoms with Crippen molar-refractivity contribution >= 4 is 17.5 Å². The van der Waals surface area contributed by atoms with Crippen LogP contribution in [0.2, 0.25) is 0 Å². The first-order valence-corrected chi connectivity index (χ1v) is 10.7. The molecule has 0 spiro atoms. The van der Waals surface area contributed by atoms with E-state index in [-0.39, 0.29) is 24.8 Å². The molecule has 0 aliphatic carbocycles. The Labute approximate surface area is 181 Å². The summed E-state index contributed by atoms with van der Waals surface area (Å²) in [7, 11) is 0. The first-order valence-electron chi connectivity index (χ1n) is 10.7. The molecule has 4 rings (SSSR count). The van der Waals surface area contributed by atoms with Gasteiger partial charge < -0.3 is 14.9 Å². The highest BCUT2D eigenvalue weighted by Crippen LogP contribution is 2.41. The SMILES string of the molecule is Cc1cc2c(cc1C)C(CC(=O)N1CCN(CCO)CC1)N(c1cccc(F)c1)C2=O. The number of aliphatic hydroxyl groups is 1. The zero-order chi connectivity index (χ0) is 22.1. The summed E-state index contributed by atoms with van der Waals surface area (Å²) in [6.07, 6.45) is 0.151. The minimum absolute atomic E-state index is 0.0195. The molecule has 1 fully saturated rings. The highest BCUT2D eigenvalue weighted by Gasteiger charge is 2.40. The zero-order valence-corrected chi connectivity index (χ0v) is 18.0. The number of anilines is 1.